The molecule has 4 aromatic rings. The summed E-state index contributed by atoms with van der Waals surface area (Å²) in [6, 6.07) is 9.26. The Balaban J connectivity index is 2.05. The van der Waals surface area contributed by atoms with Gasteiger partial charge in [0.1, 0.15) is 22.5 Å². The highest BCUT2D eigenvalue weighted by atomic mass is 16.5. The maximum Gasteiger partial charge on any atom is 0.306 e. The van der Waals surface area contributed by atoms with Gasteiger partial charge < -0.3 is 44.2 Å². The zero-order valence-corrected chi connectivity index (χ0v) is 22.1. The summed E-state index contributed by atoms with van der Waals surface area (Å²) in [6.07, 6.45) is -0.479. The fraction of sp³-hybridized carbons (Fsp3) is 0.241. The molecule has 0 aliphatic heterocycles. The molecule has 3 aromatic carbocycles. The van der Waals surface area contributed by atoms with Crippen molar-refractivity contribution < 1.29 is 49.0 Å². The van der Waals surface area contributed by atoms with Gasteiger partial charge in [0, 0.05) is 23.1 Å². The van der Waals surface area contributed by atoms with Crippen molar-refractivity contribution in [1.82, 2.24) is 0 Å². The van der Waals surface area contributed by atoms with Gasteiger partial charge in [-0.2, -0.15) is 0 Å². The van der Waals surface area contributed by atoms with Crippen LogP contribution < -0.4 is 14.9 Å². The summed E-state index contributed by atoms with van der Waals surface area (Å²) >= 11 is 0. The van der Waals surface area contributed by atoms with E-state index < -0.39 is 57.2 Å². The summed E-state index contributed by atoms with van der Waals surface area (Å²) in [5, 5.41) is 51.5. The minimum absolute atomic E-state index is 0.0157. The highest BCUT2D eigenvalue weighted by Gasteiger charge is 2.30. The number of rotatable bonds is 8. The molecule has 1 aromatic heterocycles. The number of carbonyl (C=O) groups excluding carboxylic acids is 1. The van der Waals surface area contributed by atoms with E-state index in [9.17, 15) is 35.1 Å². The van der Waals surface area contributed by atoms with Crippen LogP contribution in [0.15, 0.2) is 51.7 Å². The molecular weight excluding hydrogens is 524 g/mol. The van der Waals surface area contributed by atoms with E-state index >= 15 is 0 Å². The van der Waals surface area contributed by atoms with Gasteiger partial charge in [0.25, 0.3) is 0 Å². The van der Waals surface area contributed by atoms with E-state index in [1.165, 1.54) is 20.3 Å². The number of phenols is 4. The number of ether oxygens (including phenoxy) is 3. The third-order valence-electron chi connectivity index (χ3n) is 6.28. The third-order valence-corrected chi connectivity index (χ3v) is 6.28. The SMILES string of the molecule is COC(=O)C[C@@H](c1ccc(OC(C)C)c(OC)c1)c1c(O)cc(O)c2c(=O)c(O)c(-c3ccc(O)c(O)c3)oc12. The lowest BCUT2D eigenvalue weighted by Crippen LogP contribution is -2.13. The predicted molar refractivity (Wildman–Crippen MR) is 143 cm³/mol. The van der Waals surface area contributed by atoms with Crippen LogP contribution in [0.3, 0.4) is 0 Å². The molecule has 0 spiro atoms. The van der Waals surface area contributed by atoms with E-state index in [0.717, 1.165) is 18.2 Å². The lowest BCUT2D eigenvalue weighted by atomic mass is 9.86. The Morgan fingerprint density at radius 3 is 2.23 bits per heavy atom. The number of esters is 1. The highest BCUT2D eigenvalue weighted by Crippen LogP contribution is 2.46. The first-order chi connectivity index (χ1) is 19.0. The predicted octanol–water partition coefficient (Wildman–Crippen LogP) is 4.48. The Morgan fingerprint density at radius 1 is 0.875 bits per heavy atom. The van der Waals surface area contributed by atoms with Crippen LogP contribution in [0.2, 0.25) is 0 Å². The van der Waals surface area contributed by atoms with E-state index in [1.54, 1.807) is 18.2 Å². The van der Waals surface area contributed by atoms with Crippen molar-refractivity contribution in [3.63, 3.8) is 0 Å². The molecule has 0 aliphatic carbocycles. The van der Waals surface area contributed by atoms with Crippen LogP contribution in [0.4, 0.5) is 0 Å². The van der Waals surface area contributed by atoms with Crippen molar-refractivity contribution in [3.05, 3.63) is 63.8 Å². The standard InChI is InChI=1S/C29H28O11/c1-13(2)39-21-8-6-14(10-22(21)37-3)16(11-23(34)38-4)24-19(32)12-20(33)25-26(35)27(36)28(40-29(24)25)15-5-7-17(30)18(31)9-15/h5-10,12-13,16,30-33,36H,11H2,1-4H3/t16-/m0/s1. The Hall–Kier alpha value is -5.06. The molecule has 5 N–H and O–H groups in total. The lowest BCUT2D eigenvalue weighted by molar-refractivity contribution is -0.140. The Bertz CT molecular complexity index is 1650. The number of aromatic hydroxyl groups is 5. The highest BCUT2D eigenvalue weighted by molar-refractivity contribution is 5.92. The Kier molecular flexibility index (Phi) is 7.67. The zero-order valence-electron chi connectivity index (χ0n) is 22.1. The van der Waals surface area contributed by atoms with E-state index in [1.807, 2.05) is 13.8 Å². The molecule has 0 unspecified atom stereocenters. The second-order valence-electron chi connectivity index (χ2n) is 9.25. The van der Waals surface area contributed by atoms with Crippen LogP contribution in [-0.4, -0.2) is 51.8 Å². The Labute approximate surface area is 228 Å². The molecule has 0 fully saturated rings. The molecule has 210 valence electrons. The fourth-order valence-corrected chi connectivity index (χ4v) is 4.43. The van der Waals surface area contributed by atoms with Gasteiger partial charge in [0.15, 0.2) is 28.8 Å². The van der Waals surface area contributed by atoms with Crippen molar-refractivity contribution >= 4 is 16.9 Å². The number of methoxy groups -OCH3 is 2. The average Bonchev–Trinajstić information content (AvgIpc) is 2.91. The number of carbonyl (C=O) groups is 1. The number of phenolic OH excluding ortho intramolecular Hbond substituents is 4. The van der Waals surface area contributed by atoms with Crippen molar-refractivity contribution in [3.8, 4) is 51.6 Å². The lowest BCUT2D eigenvalue weighted by Gasteiger charge is -2.22. The van der Waals surface area contributed by atoms with Crippen LogP contribution in [0.25, 0.3) is 22.3 Å². The summed E-state index contributed by atoms with van der Waals surface area (Å²) in [5.74, 6) is -4.34. The van der Waals surface area contributed by atoms with Crippen molar-refractivity contribution in [2.45, 2.75) is 32.3 Å². The second kappa shape index (κ2) is 11.0. The van der Waals surface area contributed by atoms with Gasteiger partial charge >= 0.3 is 5.97 Å². The van der Waals surface area contributed by atoms with Gasteiger partial charge in [0.2, 0.25) is 11.2 Å². The van der Waals surface area contributed by atoms with E-state index in [0.29, 0.717) is 17.1 Å². The molecule has 4 rings (SSSR count). The minimum atomic E-state index is -1.03. The van der Waals surface area contributed by atoms with Crippen LogP contribution in [0.5, 0.6) is 40.2 Å². The molecule has 1 atom stereocenters. The van der Waals surface area contributed by atoms with Crippen molar-refractivity contribution in [2.24, 2.45) is 0 Å². The molecule has 0 saturated carbocycles. The van der Waals surface area contributed by atoms with E-state index in [4.69, 9.17) is 18.6 Å². The smallest absolute Gasteiger partial charge is 0.306 e. The molecule has 0 amide bonds. The number of hydrogen-bond donors (Lipinski definition) is 5. The molecule has 1 heterocycles. The molecule has 11 heteroatoms. The van der Waals surface area contributed by atoms with Gasteiger partial charge in [0.05, 0.1) is 26.7 Å². The Morgan fingerprint density at radius 2 is 1.60 bits per heavy atom. The van der Waals surface area contributed by atoms with Gasteiger partial charge in [-0.25, -0.2) is 0 Å². The van der Waals surface area contributed by atoms with Gasteiger partial charge in [-0.15, -0.1) is 0 Å². The largest absolute Gasteiger partial charge is 0.507 e. The number of fused-ring (bicyclic) bond motifs is 1. The van der Waals surface area contributed by atoms with Gasteiger partial charge in [-0.1, -0.05) is 6.07 Å². The normalized spacial score (nSPS) is 11.9. The van der Waals surface area contributed by atoms with Gasteiger partial charge in [-0.05, 0) is 49.7 Å². The average molecular weight is 553 g/mol. The van der Waals surface area contributed by atoms with Crippen LogP contribution >= 0.6 is 0 Å². The first-order valence-electron chi connectivity index (χ1n) is 12.1. The molecule has 40 heavy (non-hydrogen) atoms. The van der Waals surface area contributed by atoms with Crippen molar-refractivity contribution in [1.29, 1.82) is 0 Å². The van der Waals surface area contributed by atoms with Crippen LogP contribution in [0.1, 0.15) is 37.3 Å². The zero-order chi connectivity index (χ0) is 29.3. The minimum Gasteiger partial charge on any atom is -0.507 e. The topological polar surface area (TPSA) is 176 Å². The summed E-state index contributed by atoms with van der Waals surface area (Å²) in [4.78, 5) is 25.8. The molecule has 0 radical (unpaired) electrons. The van der Waals surface area contributed by atoms with Crippen molar-refractivity contribution in [2.75, 3.05) is 14.2 Å². The fourth-order valence-electron chi connectivity index (χ4n) is 4.43. The number of benzene rings is 3. The summed E-state index contributed by atoms with van der Waals surface area (Å²) < 4.78 is 22.1. The van der Waals surface area contributed by atoms with E-state index in [2.05, 4.69) is 0 Å². The van der Waals surface area contributed by atoms with Crippen LogP contribution in [0, 0.1) is 0 Å². The van der Waals surface area contributed by atoms with Crippen LogP contribution in [-0.2, 0) is 9.53 Å². The number of hydrogen-bond acceptors (Lipinski definition) is 11. The molecule has 0 saturated heterocycles. The quantitative estimate of drug-likeness (QED) is 0.154. The molecule has 0 bridgehead atoms. The molecule has 11 nitrogen and oxygen atoms in total. The summed E-state index contributed by atoms with van der Waals surface area (Å²) in [7, 11) is 2.64. The maximum atomic E-state index is 13.3. The van der Waals surface area contributed by atoms with Gasteiger partial charge in [-0.3, -0.25) is 9.59 Å². The first-order valence-corrected chi connectivity index (χ1v) is 12.1. The second-order valence-corrected chi connectivity index (χ2v) is 9.25. The van der Waals surface area contributed by atoms with E-state index in [-0.39, 0.29) is 29.2 Å². The first kappa shape index (κ1) is 28.0. The monoisotopic (exact) mass is 552 g/mol. The summed E-state index contributed by atoms with van der Waals surface area (Å²) in [6.45, 7) is 3.69. The molecular formula is C29H28O11. The third kappa shape index (κ3) is 5.13. The summed E-state index contributed by atoms with van der Waals surface area (Å²) in [5.41, 5.74) is -0.947. The molecule has 0 aliphatic rings. The maximum absolute atomic E-state index is 13.3.